The summed E-state index contributed by atoms with van der Waals surface area (Å²) < 4.78 is 18.4. The van der Waals surface area contributed by atoms with Crippen molar-refractivity contribution in [1.29, 1.82) is 0 Å². The van der Waals surface area contributed by atoms with Crippen molar-refractivity contribution in [2.45, 2.75) is 46.0 Å². The Hall–Kier alpha value is -2.62. The molecule has 1 aliphatic rings. The van der Waals surface area contributed by atoms with Crippen LogP contribution in [0.4, 0.5) is 4.39 Å². The van der Waals surface area contributed by atoms with Gasteiger partial charge in [0.1, 0.15) is 11.6 Å². The molecule has 0 spiro atoms. The monoisotopic (exact) mass is 424 g/mol. The Bertz CT molecular complexity index is 917. The lowest BCUT2D eigenvalue weighted by molar-refractivity contribution is -0.124. The van der Waals surface area contributed by atoms with E-state index in [1.807, 2.05) is 12.1 Å². The summed E-state index contributed by atoms with van der Waals surface area (Å²) in [6.45, 7) is 8.82. The number of Topliss-reactive ketones (excluding diaryl/α,β-unsaturated/α-hetero) is 1. The van der Waals surface area contributed by atoms with Crippen LogP contribution in [0.15, 0.2) is 54.6 Å². The molecule has 0 radical (unpaired) electrons. The Labute approximate surface area is 185 Å². The summed E-state index contributed by atoms with van der Waals surface area (Å²) in [5.74, 6) is 1.79. The lowest BCUT2D eigenvalue weighted by Gasteiger charge is -2.39. The van der Waals surface area contributed by atoms with Crippen molar-refractivity contribution >= 4 is 5.78 Å². The first-order valence-electron chi connectivity index (χ1n) is 11.1. The van der Waals surface area contributed by atoms with Gasteiger partial charge in [-0.1, -0.05) is 44.2 Å². The van der Waals surface area contributed by atoms with Crippen molar-refractivity contribution in [2.75, 3.05) is 7.11 Å². The number of methoxy groups -OCH3 is 1. The molecule has 2 aromatic carbocycles. The molecule has 31 heavy (non-hydrogen) atoms. The Balaban J connectivity index is 1.65. The first-order valence-corrected chi connectivity index (χ1v) is 11.1. The number of halogens is 1. The van der Waals surface area contributed by atoms with Gasteiger partial charge in [0, 0.05) is 12.3 Å². The summed E-state index contributed by atoms with van der Waals surface area (Å²) in [7, 11) is 1.51. The molecule has 1 fully saturated rings. The van der Waals surface area contributed by atoms with Crippen molar-refractivity contribution in [3.05, 3.63) is 71.6 Å². The third-order valence-corrected chi connectivity index (χ3v) is 6.70. The molecule has 166 valence electrons. The maximum Gasteiger partial charge on any atom is 0.160 e. The van der Waals surface area contributed by atoms with Gasteiger partial charge < -0.3 is 9.84 Å². The van der Waals surface area contributed by atoms with Crippen LogP contribution in [0.25, 0.3) is 0 Å². The van der Waals surface area contributed by atoms with Crippen LogP contribution in [0.3, 0.4) is 0 Å². The summed E-state index contributed by atoms with van der Waals surface area (Å²) in [6, 6.07) is 11.7. The number of carbonyl (C=O) groups is 1. The summed E-state index contributed by atoms with van der Waals surface area (Å²) in [4.78, 5) is 13.1. The molecular weight excluding hydrogens is 391 g/mol. The normalized spacial score (nSPS) is 21.1. The van der Waals surface area contributed by atoms with Gasteiger partial charge in [0.25, 0.3) is 0 Å². The molecule has 0 bridgehead atoms. The van der Waals surface area contributed by atoms with Gasteiger partial charge in [-0.15, -0.1) is 0 Å². The Morgan fingerprint density at radius 3 is 2.45 bits per heavy atom. The topological polar surface area (TPSA) is 46.5 Å². The molecule has 3 rings (SSSR count). The van der Waals surface area contributed by atoms with E-state index in [1.54, 1.807) is 18.2 Å². The molecule has 3 nitrogen and oxygen atoms in total. The van der Waals surface area contributed by atoms with E-state index in [-0.39, 0.29) is 23.3 Å². The van der Waals surface area contributed by atoms with Crippen LogP contribution >= 0.6 is 0 Å². The molecule has 3 unspecified atom stereocenters. The van der Waals surface area contributed by atoms with Crippen LogP contribution < -0.4 is 4.74 Å². The zero-order chi connectivity index (χ0) is 22.5. The molecular formula is C27H33FO3. The highest BCUT2D eigenvalue weighted by Crippen LogP contribution is 2.43. The average Bonchev–Trinajstić information content (AvgIpc) is 2.76. The second kappa shape index (κ2) is 10.1. The van der Waals surface area contributed by atoms with Crippen LogP contribution in [-0.2, 0) is 17.6 Å². The molecule has 0 heterocycles. The zero-order valence-corrected chi connectivity index (χ0v) is 18.7. The third kappa shape index (κ3) is 5.75. The highest BCUT2D eigenvalue weighted by atomic mass is 19.1. The Kier molecular flexibility index (Phi) is 7.53. The maximum absolute atomic E-state index is 13.2. The number of carbonyl (C=O) groups excluding carboxylic acids is 1. The van der Waals surface area contributed by atoms with Crippen molar-refractivity contribution < 1.29 is 19.0 Å². The van der Waals surface area contributed by atoms with E-state index in [0.29, 0.717) is 29.9 Å². The molecule has 0 saturated heterocycles. The molecule has 0 aliphatic heterocycles. The molecule has 0 aromatic heterocycles. The number of ketones is 1. The van der Waals surface area contributed by atoms with Crippen LogP contribution in [0, 0.1) is 29.5 Å². The molecule has 4 heteroatoms. The van der Waals surface area contributed by atoms with Crippen molar-refractivity contribution in [1.82, 2.24) is 0 Å². The smallest absolute Gasteiger partial charge is 0.160 e. The molecule has 1 saturated carbocycles. The van der Waals surface area contributed by atoms with E-state index in [0.717, 1.165) is 36.8 Å². The van der Waals surface area contributed by atoms with E-state index in [2.05, 4.69) is 20.4 Å². The zero-order valence-electron chi connectivity index (χ0n) is 18.7. The summed E-state index contributed by atoms with van der Waals surface area (Å²) in [5.41, 5.74) is 3.12. The lowest BCUT2D eigenvalue weighted by Crippen LogP contribution is -2.33. The van der Waals surface area contributed by atoms with Crippen molar-refractivity contribution in [3.8, 4) is 11.5 Å². The van der Waals surface area contributed by atoms with Gasteiger partial charge in [0.05, 0.1) is 7.11 Å². The van der Waals surface area contributed by atoms with Gasteiger partial charge in [-0.25, -0.2) is 4.39 Å². The SMILES string of the molecule is C=C(Cc1ccc(F)cc1)C1CCC(C(=O)Cc2ccc(O)c(OC)c2)CC1C(C)C. The minimum absolute atomic E-state index is 0.0436. The van der Waals surface area contributed by atoms with E-state index in [1.165, 1.54) is 24.8 Å². The van der Waals surface area contributed by atoms with Gasteiger partial charge >= 0.3 is 0 Å². The summed E-state index contributed by atoms with van der Waals surface area (Å²) >= 11 is 0. The van der Waals surface area contributed by atoms with E-state index < -0.39 is 0 Å². The molecule has 1 N–H and O–H groups in total. The number of aromatic hydroxyl groups is 1. The number of allylic oxidation sites excluding steroid dienone is 1. The van der Waals surface area contributed by atoms with Gasteiger partial charge in [-0.3, -0.25) is 4.79 Å². The number of phenols is 1. The number of ether oxygens (including phenoxy) is 1. The van der Waals surface area contributed by atoms with Gasteiger partial charge in [-0.05, 0) is 78.8 Å². The van der Waals surface area contributed by atoms with Gasteiger partial charge in [0.2, 0.25) is 0 Å². The van der Waals surface area contributed by atoms with Gasteiger partial charge in [-0.2, -0.15) is 0 Å². The number of benzene rings is 2. The molecule has 1 aliphatic carbocycles. The number of phenolic OH excluding ortho intramolecular Hbond substituents is 1. The summed E-state index contributed by atoms with van der Waals surface area (Å²) in [6.07, 6.45) is 3.80. The van der Waals surface area contributed by atoms with E-state index >= 15 is 0 Å². The standard InChI is InChI=1S/C27H33FO3/c1-17(2)24-16-21(26(30)14-20-7-12-25(29)27(15-20)31-4)8-11-23(24)18(3)13-19-5-9-22(28)10-6-19/h5-7,9-10,12,15,17,21,23-24,29H,3,8,11,13-14,16H2,1-2,4H3. The molecule has 3 atom stereocenters. The number of hydrogen-bond acceptors (Lipinski definition) is 3. The Morgan fingerprint density at radius 2 is 1.81 bits per heavy atom. The van der Waals surface area contributed by atoms with Crippen LogP contribution in [0.5, 0.6) is 11.5 Å². The number of hydrogen-bond donors (Lipinski definition) is 1. The minimum Gasteiger partial charge on any atom is -0.504 e. The second-order valence-corrected chi connectivity index (χ2v) is 9.14. The molecule has 2 aromatic rings. The van der Waals surface area contributed by atoms with Crippen LogP contribution in [0.1, 0.15) is 44.2 Å². The predicted octanol–water partition coefficient (Wildman–Crippen LogP) is 6.14. The average molecular weight is 425 g/mol. The number of rotatable bonds is 8. The fourth-order valence-corrected chi connectivity index (χ4v) is 4.91. The molecule has 0 amide bonds. The predicted molar refractivity (Wildman–Crippen MR) is 122 cm³/mol. The second-order valence-electron chi connectivity index (χ2n) is 9.14. The van der Waals surface area contributed by atoms with Crippen LogP contribution in [0.2, 0.25) is 0 Å². The highest BCUT2D eigenvalue weighted by molar-refractivity contribution is 5.83. The van der Waals surface area contributed by atoms with Crippen molar-refractivity contribution in [2.24, 2.45) is 23.7 Å². The Morgan fingerprint density at radius 1 is 1.13 bits per heavy atom. The maximum atomic E-state index is 13.2. The van der Waals surface area contributed by atoms with E-state index in [9.17, 15) is 14.3 Å². The summed E-state index contributed by atoms with van der Waals surface area (Å²) in [5, 5.41) is 9.78. The fraction of sp³-hybridized carbons (Fsp3) is 0.444. The van der Waals surface area contributed by atoms with E-state index in [4.69, 9.17) is 4.74 Å². The minimum atomic E-state index is -0.223. The highest BCUT2D eigenvalue weighted by Gasteiger charge is 2.36. The first-order chi connectivity index (χ1) is 14.8. The largest absolute Gasteiger partial charge is 0.504 e. The quantitative estimate of drug-likeness (QED) is 0.518. The third-order valence-electron chi connectivity index (χ3n) is 6.70. The van der Waals surface area contributed by atoms with Gasteiger partial charge in [0.15, 0.2) is 11.5 Å². The van der Waals surface area contributed by atoms with Crippen LogP contribution in [-0.4, -0.2) is 18.0 Å². The first kappa shape index (κ1) is 23.1. The lowest BCUT2D eigenvalue weighted by atomic mass is 9.65. The van der Waals surface area contributed by atoms with Crippen molar-refractivity contribution in [3.63, 3.8) is 0 Å². The fourth-order valence-electron chi connectivity index (χ4n) is 4.91.